The third-order valence-electron chi connectivity index (χ3n) is 2.61. The molecule has 1 N–H and O–H groups in total. The van der Waals surface area contributed by atoms with Gasteiger partial charge in [0.25, 0.3) is 0 Å². The van der Waals surface area contributed by atoms with Crippen molar-refractivity contribution in [1.82, 2.24) is 5.32 Å². The van der Waals surface area contributed by atoms with Crippen LogP contribution >= 0.6 is 38.9 Å². The Morgan fingerprint density at radius 2 is 2.00 bits per heavy atom. The molecule has 1 heterocycles. The number of hydrogen-bond acceptors (Lipinski definition) is 2. The summed E-state index contributed by atoms with van der Waals surface area (Å²) in [4.78, 5) is 0. The van der Waals surface area contributed by atoms with Crippen molar-refractivity contribution in [1.29, 1.82) is 0 Å². The smallest absolute Gasteiger partial charge is 0.0417 e. The fourth-order valence-corrected chi connectivity index (χ4v) is 3.24. The van der Waals surface area contributed by atoms with Gasteiger partial charge in [-0.1, -0.05) is 33.6 Å². The van der Waals surface area contributed by atoms with Gasteiger partial charge in [0.2, 0.25) is 0 Å². The van der Waals surface area contributed by atoms with Crippen molar-refractivity contribution in [2.75, 3.05) is 0 Å². The van der Waals surface area contributed by atoms with Crippen molar-refractivity contribution in [3.8, 4) is 0 Å². The van der Waals surface area contributed by atoms with Gasteiger partial charge in [0.1, 0.15) is 0 Å². The normalized spacial score (nSPS) is 10.8. The number of nitrogens with one attached hydrogen (secondary N) is 1. The average Bonchev–Trinajstić information content (AvgIpc) is 2.68. The van der Waals surface area contributed by atoms with E-state index in [1.54, 1.807) is 11.3 Å². The highest BCUT2D eigenvalue weighted by molar-refractivity contribution is 9.10. The molecule has 0 aliphatic heterocycles. The highest BCUT2D eigenvalue weighted by Gasteiger charge is 2.02. The minimum absolute atomic E-state index is 0.759. The van der Waals surface area contributed by atoms with Crippen LogP contribution in [0.15, 0.2) is 33.4 Å². The van der Waals surface area contributed by atoms with Crippen molar-refractivity contribution >= 4 is 38.9 Å². The molecule has 0 radical (unpaired) electrons. The van der Waals surface area contributed by atoms with Gasteiger partial charge in [0, 0.05) is 22.6 Å². The van der Waals surface area contributed by atoms with Crippen LogP contribution in [0.2, 0.25) is 5.02 Å². The SMILES string of the molecule is Cc1cscc1CNCc1ccc(Cl)cc1Br. The minimum atomic E-state index is 0.759. The first-order chi connectivity index (χ1) is 8.16. The first-order valence-corrected chi connectivity index (χ1v) is 7.44. The Bertz CT molecular complexity index is 510. The Hall–Kier alpha value is -0.350. The molecule has 1 aromatic heterocycles. The topological polar surface area (TPSA) is 12.0 Å². The van der Waals surface area contributed by atoms with Crippen LogP contribution in [0, 0.1) is 6.92 Å². The lowest BCUT2D eigenvalue weighted by Gasteiger charge is -2.07. The van der Waals surface area contributed by atoms with E-state index in [4.69, 9.17) is 11.6 Å². The monoisotopic (exact) mass is 329 g/mol. The number of aryl methyl sites for hydroxylation is 1. The number of benzene rings is 1. The van der Waals surface area contributed by atoms with Crippen LogP contribution in [0.3, 0.4) is 0 Å². The maximum Gasteiger partial charge on any atom is 0.0417 e. The standard InChI is InChI=1S/C13H13BrClNS/c1-9-7-17-8-11(9)6-16-5-10-2-3-12(15)4-13(10)14/h2-4,7-8,16H,5-6H2,1H3. The van der Waals surface area contributed by atoms with E-state index in [1.165, 1.54) is 16.7 Å². The quantitative estimate of drug-likeness (QED) is 0.852. The van der Waals surface area contributed by atoms with E-state index in [0.717, 1.165) is 22.6 Å². The molecule has 0 saturated heterocycles. The average molecular weight is 331 g/mol. The lowest BCUT2D eigenvalue weighted by Crippen LogP contribution is -2.13. The van der Waals surface area contributed by atoms with Gasteiger partial charge in [0.15, 0.2) is 0 Å². The summed E-state index contributed by atoms with van der Waals surface area (Å²) in [6, 6.07) is 5.88. The van der Waals surface area contributed by atoms with Crippen molar-refractivity contribution in [2.24, 2.45) is 0 Å². The number of halogens is 2. The molecule has 0 saturated carbocycles. The molecule has 0 amide bonds. The van der Waals surface area contributed by atoms with Gasteiger partial charge in [-0.3, -0.25) is 0 Å². The van der Waals surface area contributed by atoms with Crippen LogP contribution in [0.25, 0.3) is 0 Å². The molecule has 90 valence electrons. The lowest BCUT2D eigenvalue weighted by molar-refractivity contribution is 0.690. The fourth-order valence-electron chi connectivity index (χ4n) is 1.56. The molecule has 2 rings (SSSR count). The molecule has 0 unspecified atom stereocenters. The Labute approximate surface area is 119 Å². The van der Waals surface area contributed by atoms with Gasteiger partial charge in [0.05, 0.1) is 0 Å². The summed E-state index contributed by atoms with van der Waals surface area (Å²) in [6.45, 7) is 3.89. The molecule has 0 atom stereocenters. The van der Waals surface area contributed by atoms with Crippen LogP contribution in [0.1, 0.15) is 16.7 Å². The summed E-state index contributed by atoms with van der Waals surface area (Å²) in [5, 5.41) is 8.57. The predicted octanol–water partition coefficient (Wildman–Crippen LogP) is 4.76. The van der Waals surface area contributed by atoms with Gasteiger partial charge in [-0.05, 0) is 46.5 Å². The third kappa shape index (κ3) is 3.55. The van der Waals surface area contributed by atoms with E-state index >= 15 is 0 Å². The zero-order valence-electron chi connectivity index (χ0n) is 9.47. The molecule has 0 aliphatic rings. The van der Waals surface area contributed by atoms with Crippen LogP contribution in [0.4, 0.5) is 0 Å². The summed E-state index contributed by atoms with van der Waals surface area (Å²) < 4.78 is 1.06. The molecule has 4 heteroatoms. The Kier molecular flexibility index (Phi) is 4.62. The zero-order valence-corrected chi connectivity index (χ0v) is 12.6. The highest BCUT2D eigenvalue weighted by Crippen LogP contribution is 2.21. The maximum absolute atomic E-state index is 5.90. The minimum Gasteiger partial charge on any atom is -0.309 e. The van der Waals surface area contributed by atoms with E-state index in [1.807, 2.05) is 18.2 Å². The van der Waals surface area contributed by atoms with Gasteiger partial charge in [-0.25, -0.2) is 0 Å². The molecule has 1 aromatic carbocycles. The Morgan fingerprint density at radius 3 is 2.65 bits per heavy atom. The maximum atomic E-state index is 5.90. The molecule has 17 heavy (non-hydrogen) atoms. The molecular formula is C13H13BrClNS. The van der Waals surface area contributed by atoms with E-state index in [9.17, 15) is 0 Å². The van der Waals surface area contributed by atoms with Gasteiger partial charge < -0.3 is 5.32 Å². The Balaban J connectivity index is 1.92. The van der Waals surface area contributed by atoms with Crippen molar-refractivity contribution in [3.63, 3.8) is 0 Å². The van der Waals surface area contributed by atoms with Crippen molar-refractivity contribution < 1.29 is 0 Å². The molecule has 0 aliphatic carbocycles. The molecule has 1 nitrogen and oxygen atoms in total. The third-order valence-corrected chi connectivity index (χ3v) is 4.49. The van der Waals surface area contributed by atoms with Crippen LogP contribution in [-0.4, -0.2) is 0 Å². The second-order valence-corrected chi connectivity index (χ2v) is 5.95. The highest BCUT2D eigenvalue weighted by atomic mass is 79.9. The van der Waals surface area contributed by atoms with E-state index in [-0.39, 0.29) is 0 Å². The molecule has 2 aromatic rings. The lowest BCUT2D eigenvalue weighted by atomic mass is 10.2. The first-order valence-electron chi connectivity index (χ1n) is 5.33. The summed E-state index contributed by atoms with van der Waals surface area (Å²) in [5.41, 5.74) is 3.96. The van der Waals surface area contributed by atoms with Crippen molar-refractivity contribution in [2.45, 2.75) is 20.0 Å². The second-order valence-electron chi connectivity index (χ2n) is 3.92. The van der Waals surface area contributed by atoms with Crippen LogP contribution in [-0.2, 0) is 13.1 Å². The van der Waals surface area contributed by atoms with E-state index in [2.05, 4.69) is 38.9 Å². The predicted molar refractivity (Wildman–Crippen MR) is 78.8 cm³/mol. The van der Waals surface area contributed by atoms with Crippen molar-refractivity contribution in [3.05, 3.63) is 55.1 Å². The molecule has 0 spiro atoms. The van der Waals surface area contributed by atoms with Gasteiger partial charge >= 0.3 is 0 Å². The molecule has 0 bridgehead atoms. The number of thiophene rings is 1. The second kappa shape index (κ2) is 6.01. The first kappa shape index (κ1) is 13.1. The summed E-state index contributed by atoms with van der Waals surface area (Å²) in [6.07, 6.45) is 0. The van der Waals surface area contributed by atoms with Crippen LogP contribution in [0.5, 0.6) is 0 Å². The number of hydrogen-bond donors (Lipinski definition) is 1. The number of rotatable bonds is 4. The summed E-state index contributed by atoms with van der Waals surface area (Å²) in [5.74, 6) is 0. The largest absolute Gasteiger partial charge is 0.309 e. The van der Waals surface area contributed by atoms with E-state index in [0.29, 0.717) is 0 Å². The van der Waals surface area contributed by atoms with Gasteiger partial charge in [-0.2, -0.15) is 11.3 Å². The van der Waals surface area contributed by atoms with E-state index < -0.39 is 0 Å². The van der Waals surface area contributed by atoms with Crippen LogP contribution < -0.4 is 5.32 Å². The Morgan fingerprint density at radius 1 is 1.24 bits per heavy atom. The molecular weight excluding hydrogens is 318 g/mol. The van der Waals surface area contributed by atoms with Gasteiger partial charge in [-0.15, -0.1) is 0 Å². The fraction of sp³-hybridized carbons (Fsp3) is 0.231. The zero-order chi connectivity index (χ0) is 12.3. The summed E-state index contributed by atoms with van der Waals surface area (Å²) >= 11 is 11.2. The summed E-state index contributed by atoms with van der Waals surface area (Å²) in [7, 11) is 0. The molecule has 0 fully saturated rings.